The number of hydrogen-bond donors (Lipinski definition) is 1. The maximum atomic E-state index is 12.9. The second-order valence-corrected chi connectivity index (χ2v) is 8.68. The Balaban J connectivity index is 1.76. The summed E-state index contributed by atoms with van der Waals surface area (Å²) in [6.45, 7) is 2.22. The van der Waals surface area contributed by atoms with Crippen molar-refractivity contribution < 1.29 is 4.79 Å². The Hall–Kier alpha value is -2.21. The van der Waals surface area contributed by atoms with Crippen molar-refractivity contribution in [1.82, 2.24) is 9.88 Å². The zero-order valence-corrected chi connectivity index (χ0v) is 17.0. The Labute approximate surface area is 168 Å². The Morgan fingerprint density at radius 1 is 1.25 bits per heavy atom. The number of benzene rings is 1. The Morgan fingerprint density at radius 3 is 2.79 bits per heavy atom. The monoisotopic (exact) mass is 376 g/mol. The lowest BCUT2D eigenvalue weighted by atomic mass is 9.80. The minimum atomic E-state index is -0.133. The van der Waals surface area contributed by atoms with E-state index in [1.165, 1.54) is 54.3 Å². The smallest absolute Gasteiger partial charge is 0.299 e. The van der Waals surface area contributed by atoms with Gasteiger partial charge in [0.2, 0.25) is 0 Å². The molecule has 0 bridgehead atoms. The highest BCUT2D eigenvalue weighted by molar-refractivity contribution is 5.94. The van der Waals surface area contributed by atoms with Crippen molar-refractivity contribution in [2.75, 3.05) is 0 Å². The fourth-order valence-electron chi connectivity index (χ4n) is 5.49. The fourth-order valence-corrected chi connectivity index (χ4v) is 5.49. The molecule has 1 fully saturated rings. The predicted octanol–water partition coefficient (Wildman–Crippen LogP) is 5.76. The quantitative estimate of drug-likeness (QED) is 0.662. The van der Waals surface area contributed by atoms with E-state index in [2.05, 4.69) is 47.0 Å². The van der Waals surface area contributed by atoms with Crippen molar-refractivity contribution in [2.24, 2.45) is 5.92 Å². The molecule has 1 aliphatic heterocycles. The number of carbonyl (C=O) groups is 1. The Bertz CT molecular complexity index is 868. The van der Waals surface area contributed by atoms with Crippen LogP contribution in [0.2, 0.25) is 0 Å². The number of H-pyrrole nitrogens is 1. The topological polar surface area (TPSA) is 36.1 Å². The SMILES string of the molecule is C#CC(=O)N1[C@@H](CCCC)Cc2c([nH]c3ccccc23)[C@@H]1CC1CCCCC1. The number of aromatic amines is 1. The maximum Gasteiger partial charge on any atom is 0.299 e. The van der Waals surface area contributed by atoms with Gasteiger partial charge in [0.05, 0.1) is 6.04 Å². The van der Waals surface area contributed by atoms with Gasteiger partial charge >= 0.3 is 0 Å². The van der Waals surface area contributed by atoms with Crippen LogP contribution in [-0.2, 0) is 11.2 Å². The van der Waals surface area contributed by atoms with Crippen LogP contribution in [0, 0.1) is 18.3 Å². The molecule has 2 aliphatic rings. The van der Waals surface area contributed by atoms with Crippen molar-refractivity contribution in [1.29, 1.82) is 0 Å². The zero-order chi connectivity index (χ0) is 19.5. The van der Waals surface area contributed by atoms with E-state index in [1.807, 2.05) is 0 Å². The summed E-state index contributed by atoms with van der Waals surface area (Å²) in [6.07, 6.45) is 17.4. The summed E-state index contributed by atoms with van der Waals surface area (Å²) in [4.78, 5) is 18.6. The molecule has 2 heterocycles. The number of rotatable bonds is 5. The van der Waals surface area contributed by atoms with Gasteiger partial charge in [0.25, 0.3) is 5.91 Å². The van der Waals surface area contributed by atoms with Gasteiger partial charge in [0.1, 0.15) is 0 Å². The van der Waals surface area contributed by atoms with Gasteiger partial charge in [-0.05, 0) is 42.7 Å². The third-order valence-electron chi connectivity index (χ3n) is 6.88. The van der Waals surface area contributed by atoms with Crippen LogP contribution < -0.4 is 0 Å². The molecule has 0 unspecified atom stereocenters. The van der Waals surface area contributed by atoms with Gasteiger partial charge in [-0.3, -0.25) is 4.79 Å². The molecule has 1 N–H and O–H groups in total. The molecule has 0 radical (unpaired) electrons. The molecule has 28 heavy (non-hydrogen) atoms. The molecule has 0 spiro atoms. The molecule has 3 nitrogen and oxygen atoms in total. The van der Waals surface area contributed by atoms with Crippen LogP contribution in [0.5, 0.6) is 0 Å². The highest BCUT2D eigenvalue weighted by Crippen LogP contribution is 2.43. The summed E-state index contributed by atoms with van der Waals surface area (Å²) in [7, 11) is 0. The van der Waals surface area contributed by atoms with Crippen LogP contribution in [0.15, 0.2) is 24.3 Å². The summed E-state index contributed by atoms with van der Waals surface area (Å²) < 4.78 is 0. The third-order valence-corrected chi connectivity index (χ3v) is 6.88. The molecule has 1 saturated carbocycles. The van der Waals surface area contributed by atoms with E-state index in [9.17, 15) is 4.79 Å². The maximum absolute atomic E-state index is 12.9. The van der Waals surface area contributed by atoms with E-state index >= 15 is 0 Å². The van der Waals surface area contributed by atoms with E-state index in [-0.39, 0.29) is 18.0 Å². The first-order valence-corrected chi connectivity index (χ1v) is 11.1. The van der Waals surface area contributed by atoms with Gasteiger partial charge in [-0.1, -0.05) is 70.1 Å². The van der Waals surface area contributed by atoms with Crippen LogP contribution in [0.1, 0.15) is 82.0 Å². The van der Waals surface area contributed by atoms with Crippen molar-refractivity contribution in [2.45, 2.75) is 83.2 Å². The largest absolute Gasteiger partial charge is 0.356 e. The summed E-state index contributed by atoms with van der Waals surface area (Å²) in [5.41, 5.74) is 3.84. The van der Waals surface area contributed by atoms with Crippen LogP contribution in [0.3, 0.4) is 0 Å². The first-order chi connectivity index (χ1) is 13.7. The van der Waals surface area contributed by atoms with E-state index in [0.29, 0.717) is 5.92 Å². The van der Waals surface area contributed by atoms with Crippen LogP contribution in [0.25, 0.3) is 10.9 Å². The second kappa shape index (κ2) is 8.43. The Morgan fingerprint density at radius 2 is 2.04 bits per heavy atom. The van der Waals surface area contributed by atoms with Gasteiger partial charge < -0.3 is 9.88 Å². The molecule has 1 amide bonds. The molecule has 1 aliphatic carbocycles. The molecule has 0 saturated heterocycles. The number of amides is 1. The summed E-state index contributed by atoms with van der Waals surface area (Å²) in [5.74, 6) is 3.00. The lowest BCUT2D eigenvalue weighted by molar-refractivity contribution is -0.131. The highest BCUT2D eigenvalue weighted by Gasteiger charge is 2.39. The molecule has 3 heteroatoms. The van der Waals surface area contributed by atoms with Gasteiger partial charge in [0, 0.05) is 22.6 Å². The first-order valence-electron chi connectivity index (χ1n) is 11.1. The standard InChI is InChI=1S/C25H32N2O/c1-3-5-13-19-17-21-20-14-9-10-15-22(20)26-25(21)23(27(19)24(28)4-2)16-18-11-7-6-8-12-18/h2,9-10,14-15,18-19,23,26H,3,5-8,11-13,16-17H2,1H3/t19-,23-/m0/s1. The predicted molar refractivity (Wildman–Crippen MR) is 115 cm³/mol. The van der Waals surface area contributed by atoms with Gasteiger partial charge in [-0.2, -0.15) is 0 Å². The van der Waals surface area contributed by atoms with Crippen molar-refractivity contribution in [3.05, 3.63) is 35.5 Å². The molecule has 1 aromatic heterocycles. The minimum Gasteiger partial charge on any atom is -0.356 e. The van der Waals surface area contributed by atoms with E-state index in [0.717, 1.165) is 32.1 Å². The van der Waals surface area contributed by atoms with E-state index in [4.69, 9.17) is 6.42 Å². The summed E-state index contributed by atoms with van der Waals surface area (Å²) in [5, 5.41) is 1.32. The number of aromatic nitrogens is 1. The number of hydrogen-bond acceptors (Lipinski definition) is 1. The van der Waals surface area contributed by atoms with Gasteiger partial charge in [0.15, 0.2) is 0 Å². The number of fused-ring (bicyclic) bond motifs is 3. The summed E-state index contributed by atoms with van der Waals surface area (Å²) >= 11 is 0. The molecule has 2 aromatic rings. The summed E-state index contributed by atoms with van der Waals surface area (Å²) in [6, 6.07) is 8.87. The average Bonchev–Trinajstić information content (AvgIpc) is 3.11. The molecular weight excluding hydrogens is 344 g/mol. The highest BCUT2D eigenvalue weighted by atomic mass is 16.2. The van der Waals surface area contributed by atoms with Crippen LogP contribution in [0.4, 0.5) is 0 Å². The number of unbranched alkanes of at least 4 members (excludes halogenated alkanes) is 1. The van der Waals surface area contributed by atoms with Crippen molar-refractivity contribution in [3.63, 3.8) is 0 Å². The lowest BCUT2D eigenvalue weighted by Gasteiger charge is -2.43. The normalized spacial score (nSPS) is 22.8. The van der Waals surface area contributed by atoms with Gasteiger partial charge in [-0.25, -0.2) is 0 Å². The van der Waals surface area contributed by atoms with Crippen LogP contribution >= 0.6 is 0 Å². The molecule has 148 valence electrons. The second-order valence-electron chi connectivity index (χ2n) is 8.68. The average molecular weight is 377 g/mol. The van der Waals surface area contributed by atoms with Crippen molar-refractivity contribution in [3.8, 4) is 12.3 Å². The van der Waals surface area contributed by atoms with Crippen LogP contribution in [-0.4, -0.2) is 21.8 Å². The van der Waals surface area contributed by atoms with Gasteiger partial charge in [-0.15, -0.1) is 6.42 Å². The number of terminal acetylenes is 1. The number of nitrogens with zero attached hydrogens (tertiary/aromatic N) is 1. The Kier molecular flexibility index (Phi) is 5.76. The molecular formula is C25H32N2O. The number of para-hydroxylation sites is 1. The number of carbonyl (C=O) groups excluding carboxylic acids is 1. The fraction of sp³-hybridized carbons (Fsp3) is 0.560. The molecule has 2 atom stereocenters. The lowest BCUT2D eigenvalue weighted by Crippen LogP contribution is -2.47. The minimum absolute atomic E-state index is 0.0876. The number of nitrogens with one attached hydrogen (secondary N) is 1. The van der Waals surface area contributed by atoms with Crippen molar-refractivity contribution >= 4 is 16.8 Å². The first kappa shape index (κ1) is 19.1. The van der Waals surface area contributed by atoms with E-state index < -0.39 is 0 Å². The van der Waals surface area contributed by atoms with E-state index in [1.54, 1.807) is 0 Å². The zero-order valence-electron chi connectivity index (χ0n) is 17.0. The molecule has 4 rings (SSSR count). The third kappa shape index (κ3) is 3.58. The molecule has 1 aromatic carbocycles.